The van der Waals surface area contributed by atoms with Gasteiger partial charge in [-0.05, 0) is 37.5 Å². The largest absolute Gasteiger partial charge is 0.391 e. The molecular formula is C16H16F3N3O. The Morgan fingerprint density at radius 2 is 1.87 bits per heavy atom. The second kappa shape index (κ2) is 6.14. The fraction of sp³-hybridized carbons (Fsp3) is 0.438. The number of halogens is 3. The van der Waals surface area contributed by atoms with E-state index >= 15 is 0 Å². The molecule has 1 fully saturated rings. The summed E-state index contributed by atoms with van der Waals surface area (Å²) in [5, 5.41) is 2.71. The zero-order valence-corrected chi connectivity index (χ0v) is 12.3. The predicted octanol–water partition coefficient (Wildman–Crippen LogP) is 3.48. The number of benzene rings is 1. The SMILES string of the molecule is O=C(N[C@H]1CCC[C@@H](C(F)(F)F)C1)c1ccc2nccnc2c1. The van der Waals surface area contributed by atoms with E-state index < -0.39 is 18.1 Å². The summed E-state index contributed by atoms with van der Waals surface area (Å²) in [4.78, 5) is 20.5. The van der Waals surface area contributed by atoms with Crippen molar-refractivity contribution in [3.8, 4) is 0 Å². The van der Waals surface area contributed by atoms with Gasteiger partial charge in [0.1, 0.15) is 0 Å². The van der Waals surface area contributed by atoms with E-state index in [4.69, 9.17) is 0 Å². The molecule has 1 aromatic carbocycles. The molecule has 1 aromatic heterocycles. The second-order valence-corrected chi connectivity index (χ2v) is 5.84. The van der Waals surface area contributed by atoms with Crippen LogP contribution in [-0.4, -0.2) is 28.1 Å². The van der Waals surface area contributed by atoms with Crippen LogP contribution in [0.2, 0.25) is 0 Å². The molecule has 1 amide bonds. The van der Waals surface area contributed by atoms with Crippen LogP contribution in [0.3, 0.4) is 0 Å². The standard InChI is InChI=1S/C16H16F3N3O/c17-16(18,19)11-2-1-3-12(9-11)22-15(23)10-4-5-13-14(8-10)21-7-6-20-13/h4-8,11-12H,1-3,9H2,(H,22,23)/t11-,12+/m1/s1. The van der Waals surface area contributed by atoms with E-state index in [0.29, 0.717) is 29.4 Å². The lowest BCUT2D eigenvalue weighted by molar-refractivity contribution is -0.183. The number of carbonyl (C=O) groups is 1. The van der Waals surface area contributed by atoms with Gasteiger partial charge >= 0.3 is 6.18 Å². The molecule has 1 heterocycles. The molecule has 2 aromatic rings. The van der Waals surface area contributed by atoms with Gasteiger partial charge in [-0.25, -0.2) is 0 Å². The molecule has 2 atom stereocenters. The van der Waals surface area contributed by atoms with E-state index in [2.05, 4.69) is 15.3 Å². The Balaban J connectivity index is 1.70. The average molecular weight is 323 g/mol. The Labute approximate surface area is 131 Å². The summed E-state index contributed by atoms with van der Waals surface area (Å²) in [6.45, 7) is 0. The van der Waals surface area contributed by atoms with Gasteiger partial charge in [0, 0.05) is 24.0 Å². The first-order chi connectivity index (χ1) is 10.9. The van der Waals surface area contributed by atoms with Gasteiger partial charge in [0.2, 0.25) is 0 Å². The van der Waals surface area contributed by atoms with Crippen LogP contribution in [0, 0.1) is 5.92 Å². The monoisotopic (exact) mass is 323 g/mol. The molecule has 122 valence electrons. The molecule has 0 unspecified atom stereocenters. The topological polar surface area (TPSA) is 54.9 Å². The molecule has 1 aliphatic carbocycles. The summed E-state index contributed by atoms with van der Waals surface area (Å²) in [6.07, 6.45) is 0.0243. The molecule has 1 saturated carbocycles. The molecule has 7 heteroatoms. The Kier molecular flexibility index (Phi) is 4.19. The Hall–Kier alpha value is -2.18. The minimum absolute atomic E-state index is 0.0529. The number of carbonyl (C=O) groups excluding carboxylic acids is 1. The van der Waals surface area contributed by atoms with Crippen molar-refractivity contribution in [2.75, 3.05) is 0 Å². The van der Waals surface area contributed by atoms with Crippen molar-refractivity contribution in [2.45, 2.75) is 37.9 Å². The Morgan fingerprint density at radius 3 is 2.61 bits per heavy atom. The highest BCUT2D eigenvalue weighted by Gasteiger charge is 2.42. The number of aromatic nitrogens is 2. The number of rotatable bonds is 2. The Morgan fingerprint density at radius 1 is 1.13 bits per heavy atom. The first kappa shape index (κ1) is 15.7. The highest BCUT2D eigenvalue weighted by atomic mass is 19.4. The van der Waals surface area contributed by atoms with E-state index in [1.54, 1.807) is 24.4 Å². The van der Waals surface area contributed by atoms with Gasteiger partial charge in [0.15, 0.2) is 0 Å². The normalized spacial score (nSPS) is 22.0. The average Bonchev–Trinajstić information content (AvgIpc) is 2.54. The summed E-state index contributed by atoms with van der Waals surface area (Å²) < 4.78 is 38.5. The molecule has 0 saturated heterocycles. The molecule has 4 nitrogen and oxygen atoms in total. The van der Waals surface area contributed by atoms with Gasteiger partial charge in [0.05, 0.1) is 17.0 Å². The molecule has 0 aliphatic heterocycles. The van der Waals surface area contributed by atoms with Crippen molar-refractivity contribution >= 4 is 16.9 Å². The van der Waals surface area contributed by atoms with Gasteiger partial charge in [-0.15, -0.1) is 0 Å². The van der Waals surface area contributed by atoms with Crippen LogP contribution in [0.5, 0.6) is 0 Å². The summed E-state index contributed by atoms with van der Waals surface area (Å²) in [5.41, 5.74) is 1.63. The van der Waals surface area contributed by atoms with Crippen LogP contribution in [0.15, 0.2) is 30.6 Å². The van der Waals surface area contributed by atoms with Crippen LogP contribution < -0.4 is 5.32 Å². The van der Waals surface area contributed by atoms with Crippen molar-refractivity contribution < 1.29 is 18.0 Å². The van der Waals surface area contributed by atoms with E-state index in [-0.39, 0.29) is 18.7 Å². The van der Waals surface area contributed by atoms with Crippen LogP contribution in [0.25, 0.3) is 11.0 Å². The lowest BCUT2D eigenvalue weighted by Crippen LogP contribution is -2.41. The Bertz CT molecular complexity index is 717. The number of nitrogens with zero attached hydrogens (tertiary/aromatic N) is 2. The molecule has 1 aliphatic rings. The maximum absolute atomic E-state index is 12.8. The fourth-order valence-corrected chi connectivity index (χ4v) is 2.99. The van der Waals surface area contributed by atoms with E-state index in [9.17, 15) is 18.0 Å². The van der Waals surface area contributed by atoms with Crippen molar-refractivity contribution in [3.05, 3.63) is 36.2 Å². The third-order valence-corrected chi connectivity index (χ3v) is 4.20. The van der Waals surface area contributed by atoms with E-state index in [0.717, 1.165) is 0 Å². The lowest BCUT2D eigenvalue weighted by atomic mass is 9.85. The smallest absolute Gasteiger partial charge is 0.349 e. The number of amides is 1. The van der Waals surface area contributed by atoms with Gasteiger partial charge < -0.3 is 5.32 Å². The maximum atomic E-state index is 12.8. The van der Waals surface area contributed by atoms with Crippen LogP contribution in [-0.2, 0) is 0 Å². The van der Waals surface area contributed by atoms with Crippen LogP contribution in [0.1, 0.15) is 36.0 Å². The van der Waals surface area contributed by atoms with Gasteiger partial charge in [0.25, 0.3) is 5.91 Å². The van der Waals surface area contributed by atoms with Gasteiger partial charge in [-0.2, -0.15) is 13.2 Å². The number of fused-ring (bicyclic) bond motifs is 1. The molecule has 0 bridgehead atoms. The van der Waals surface area contributed by atoms with Crippen LogP contribution in [0.4, 0.5) is 13.2 Å². The quantitative estimate of drug-likeness (QED) is 0.920. The first-order valence-corrected chi connectivity index (χ1v) is 7.52. The second-order valence-electron chi connectivity index (χ2n) is 5.84. The van der Waals surface area contributed by atoms with Crippen molar-refractivity contribution in [1.82, 2.24) is 15.3 Å². The zero-order valence-electron chi connectivity index (χ0n) is 12.3. The molecule has 23 heavy (non-hydrogen) atoms. The van der Waals surface area contributed by atoms with Gasteiger partial charge in [-0.1, -0.05) is 6.42 Å². The first-order valence-electron chi connectivity index (χ1n) is 7.52. The molecule has 3 rings (SSSR count). The molecular weight excluding hydrogens is 307 g/mol. The molecule has 0 spiro atoms. The zero-order chi connectivity index (χ0) is 16.4. The predicted molar refractivity (Wildman–Crippen MR) is 78.8 cm³/mol. The minimum atomic E-state index is -4.19. The van der Waals surface area contributed by atoms with Gasteiger partial charge in [-0.3, -0.25) is 14.8 Å². The third-order valence-electron chi connectivity index (χ3n) is 4.20. The summed E-state index contributed by atoms with van der Waals surface area (Å²) >= 11 is 0. The summed E-state index contributed by atoms with van der Waals surface area (Å²) in [7, 11) is 0. The van der Waals surface area contributed by atoms with Crippen molar-refractivity contribution in [1.29, 1.82) is 0 Å². The number of hydrogen-bond donors (Lipinski definition) is 1. The molecule has 1 N–H and O–H groups in total. The highest BCUT2D eigenvalue weighted by molar-refractivity contribution is 5.97. The van der Waals surface area contributed by atoms with E-state index in [1.165, 1.54) is 6.20 Å². The summed E-state index contributed by atoms with van der Waals surface area (Å²) in [5.74, 6) is -1.70. The fourth-order valence-electron chi connectivity index (χ4n) is 2.99. The third kappa shape index (κ3) is 3.60. The minimum Gasteiger partial charge on any atom is -0.349 e. The van der Waals surface area contributed by atoms with E-state index in [1.807, 2.05) is 0 Å². The van der Waals surface area contributed by atoms with Crippen molar-refractivity contribution in [2.24, 2.45) is 5.92 Å². The lowest BCUT2D eigenvalue weighted by Gasteiger charge is -2.31. The van der Waals surface area contributed by atoms with Crippen molar-refractivity contribution in [3.63, 3.8) is 0 Å². The summed E-state index contributed by atoms with van der Waals surface area (Å²) in [6, 6.07) is 4.44. The van der Waals surface area contributed by atoms with Crippen LogP contribution >= 0.6 is 0 Å². The number of hydrogen-bond acceptors (Lipinski definition) is 3. The molecule has 0 radical (unpaired) electrons. The maximum Gasteiger partial charge on any atom is 0.391 e. The highest BCUT2D eigenvalue weighted by Crippen LogP contribution is 2.37. The number of alkyl halides is 3. The number of nitrogens with one attached hydrogen (secondary N) is 1.